The van der Waals surface area contributed by atoms with Gasteiger partial charge in [0.15, 0.2) is 0 Å². The molecule has 0 spiro atoms. The largest absolute Gasteiger partial charge is 0.355 e. The van der Waals surface area contributed by atoms with Crippen LogP contribution in [-0.2, 0) is 18.4 Å². The second-order valence-electron chi connectivity index (χ2n) is 6.40. The molecular formula is C18H23ClN4O. The smallest absolute Gasteiger partial charge is 0.257 e. The highest BCUT2D eigenvalue weighted by Gasteiger charge is 2.38. The summed E-state index contributed by atoms with van der Waals surface area (Å²) in [5.41, 5.74) is 8.12. The van der Waals surface area contributed by atoms with Crippen molar-refractivity contribution in [1.29, 1.82) is 0 Å². The highest BCUT2D eigenvalue weighted by atomic mass is 35.5. The molecule has 1 aromatic heterocycles. The van der Waals surface area contributed by atoms with Crippen molar-refractivity contribution in [2.45, 2.75) is 44.6 Å². The van der Waals surface area contributed by atoms with Crippen molar-refractivity contribution < 1.29 is 0 Å². The molecule has 24 heavy (non-hydrogen) atoms. The van der Waals surface area contributed by atoms with Crippen molar-refractivity contribution in [3.63, 3.8) is 0 Å². The Morgan fingerprint density at radius 1 is 1.42 bits per heavy atom. The van der Waals surface area contributed by atoms with Crippen LogP contribution < -0.4 is 16.6 Å². The summed E-state index contributed by atoms with van der Waals surface area (Å²) in [5, 5.41) is 4.08. The second kappa shape index (κ2) is 6.95. The fourth-order valence-electron chi connectivity index (χ4n) is 3.37. The van der Waals surface area contributed by atoms with E-state index in [0.717, 1.165) is 30.1 Å². The number of H-pyrrole nitrogens is 1. The quantitative estimate of drug-likeness (QED) is 0.750. The standard InChI is InChI=1S/C18H23ClN4O/c1-2-15-14(10-20)16(24)23-17(22-15)21-11-18(7-4-8-18)12-5-3-6-13(19)9-12/h3,5-6,9H,2,4,7-8,10-11,20H2,1H3,(H2,21,22,23,24). The van der Waals surface area contributed by atoms with E-state index in [0.29, 0.717) is 17.9 Å². The van der Waals surface area contributed by atoms with Gasteiger partial charge in [0.25, 0.3) is 5.56 Å². The summed E-state index contributed by atoms with van der Waals surface area (Å²) in [6.07, 6.45) is 4.09. The zero-order valence-corrected chi connectivity index (χ0v) is 14.6. The highest BCUT2D eigenvalue weighted by Crippen LogP contribution is 2.44. The number of benzene rings is 1. The molecule has 0 bridgehead atoms. The number of nitrogens with two attached hydrogens (primary N) is 1. The number of aryl methyl sites for hydroxylation is 1. The summed E-state index contributed by atoms with van der Waals surface area (Å²) in [7, 11) is 0. The minimum Gasteiger partial charge on any atom is -0.355 e. The van der Waals surface area contributed by atoms with Gasteiger partial charge in [-0.2, -0.15) is 0 Å². The molecule has 0 amide bonds. The predicted molar refractivity (Wildman–Crippen MR) is 97.6 cm³/mol. The van der Waals surface area contributed by atoms with E-state index < -0.39 is 0 Å². The van der Waals surface area contributed by atoms with Gasteiger partial charge in [0.05, 0.1) is 11.3 Å². The molecule has 6 heteroatoms. The van der Waals surface area contributed by atoms with Gasteiger partial charge in [-0.05, 0) is 37.0 Å². The Labute approximate surface area is 146 Å². The molecule has 0 aliphatic heterocycles. The molecule has 1 saturated carbocycles. The number of hydrogen-bond donors (Lipinski definition) is 3. The van der Waals surface area contributed by atoms with Crippen LogP contribution in [0.15, 0.2) is 29.1 Å². The number of aromatic nitrogens is 2. The van der Waals surface area contributed by atoms with Gasteiger partial charge < -0.3 is 11.1 Å². The SMILES string of the molecule is CCc1nc(NCC2(c3cccc(Cl)c3)CCC2)[nH]c(=O)c1CN. The summed E-state index contributed by atoms with van der Waals surface area (Å²) in [4.78, 5) is 19.5. The Morgan fingerprint density at radius 2 is 2.21 bits per heavy atom. The number of nitrogens with one attached hydrogen (secondary N) is 2. The van der Waals surface area contributed by atoms with Crippen molar-refractivity contribution in [3.05, 3.63) is 56.5 Å². The fraction of sp³-hybridized carbons (Fsp3) is 0.444. The number of aromatic amines is 1. The Balaban J connectivity index is 1.82. The molecule has 4 N–H and O–H groups in total. The maximum Gasteiger partial charge on any atom is 0.257 e. The van der Waals surface area contributed by atoms with E-state index in [1.807, 2.05) is 25.1 Å². The van der Waals surface area contributed by atoms with Crippen molar-refractivity contribution >= 4 is 17.5 Å². The number of rotatable bonds is 6. The van der Waals surface area contributed by atoms with Crippen molar-refractivity contribution in [3.8, 4) is 0 Å². The molecule has 3 rings (SSSR count). The third kappa shape index (κ3) is 3.19. The Hall–Kier alpha value is -1.85. The molecule has 1 fully saturated rings. The topological polar surface area (TPSA) is 83.8 Å². The summed E-state index contributed by atoms with van der Waals surface area (Å²) in [6, 6.07) is 8.04. The minimum absolute atomic E-state index is 0.0579. The van der Waals surface area contributed by atoms with Gasteiger partial charge in [-0.15, -0.1) is 0 Å². The van der Waals surface area contributed by atoms with Crippen LogP contribution in [0.3, 0.4) is 0 Å². The molecule has 1 aliphatic carbocycles. The molecule has 0 saturated heterocycles. The predicted octanol–water partition coefficient (Wildman–Crippen LogP) is 2.98. The number of halogens is 1. The van der Waals surface area contributed by atoms with E-state index in [1.54, 1.807) is 0 Å². The lowest BCUT2D eigenvalue weighted by Gasteiger charge is -2.42. The van der Waals surface area contributed by atoms with E-state index in [-0.39, 0.29) is 17.5 Å². The molecule has 0 atom stereocenters. The van der Waals surface area contributed by atoms with Gasteiger partial charge in [0, 0.05) is 23.5 Å². The second-order valence-corrected chi connectivity index (χ2v) is 6.83. The lowest BCUT2D eigenvalue weighted by atomic mass is 9.64. The number of anilines is 1. The van der Waals surface area contributed by atoms with Crippen molar-refractivity contribution in [2.24, 2.45) is 5.73 Å². The third-order valence-corrected chi connectivity index (χ3v) is 5.22. The summed E-state index contributed by atoms with van der Waals surface area (Å²) >= 11 is 6.15. The van der Waals surface area contributed by atoms with E-state index in [4.69, 9.17) is 17.3 Å². The molecule has 128 valence electrons. The first-order chi connectivity index (χ1) is 11.6. The maximum atomic E-state index is 12.1. The van der Waals surface area contributed by atoms with Gasteiger partial charge in [0.2, 0.25) is 5.95 Å². The van der Waals surface area contributed by atoms with Gasteiger partial charge >= 0.3 is 0 Å². The fourth-order valence-corrected chi connectivity index (χ4v) is 3.56. The van der Waals surface area contributed by atoms with Crippen LogP contribution in [-0.4, -0.2) is 16.5 Å². The van der Waals surface area contributed by atoms with Gasteiger partial charge in [-0.25, -0.2) is 4.98 Å². The van der Waals surface area contributed by atoms with Crippen LogP contribution in [0.5, 0.6) is 0 Å². The summed E-state index contributed by atoms with van der Waals surface area (Å²) in [5.74, 6) is 0.516. The number of hydrogen-bond acceptors (Lipinski definition) is 4. The van der Waals surface area contributed by atoms with Crippen LogP contribution >= 0.6 is 11.6 Å². The first-order valence-electron chi connectivity index (χ1n) is 8.40. The van der Waals surface area contributed by atoms with Gasteiger partial charge in [-0.1, -0.05) is 37.1 Å². The van der Waals surface area contributed by atoms with Gasteiger partial charge in [0.1, 0.15) is 0 Å². The molecule has 1 heterocycles. The number of nitrogens with zero attached hydrogens (tertiary/aromatic N) is 1. The van der Waals surface area contributed by atoms with Crippen LogP contribution in [0.1, 0.15) is 43.0 Å². The zero-order chi connectivity index (χ0) is 17.2. The monoisotopic (exact) mass is 346 g/mol. The Morgan fingerprint density at radius 3 is 2.79 bits per heavy atom. The Bertz CT molecular complexity index is 783. The first-order valence-corrected chi connectivity index (χ1v) is 8.78. The normalized spacial score (nSPS) is 15.8. The molecule has 5 nitrogen and oxygen atoms in total. The van der Waals surface area contributed by atoms with Crippen molar-refractivity contribution in [1.82, 2.24) is 9.97 Å². The van der Waals surface area contributed by atoms with E-state index in [1.165, 1.54) is 12.0 Å². The first kappa shape index (κ1) is 17.0. The average molecular weight is 347 g/mol. The van der Waals surface area contributed by atoms with E-state index in [2.05, 4.69) is 21.4 Å². The lowest BCUT2D eigenvalue weighted by Crippen LogP contribution is -2.41. The van der Waals surface area contributed by atoms with Crippen LogP contribution in [0.25, 0.3) is 0 Å². The molecule has 0 unspecified atom stereocenters. The molecular weight excluding hydrogens is 324 g/mol. The van der Waals surface area contributed by atoms with Crippen LogP contribution in [0.2, 0.25) is 5.02 Å². The average Bonchev–Trinajstić information content (AvgIpc) is 2.53. The van der Waals surface area contributed by atoms with Gasteiger partial charge in [-0.3, -0.25) is 9.78 Å². The van der Waals surface area contributed by atoms with E-state index >= 15 is 0 Å². The van der Waals surface area contributed by atoms with Crippen molar-refractivity contribution in [2.75, 3.05) is 11.9 Å². The highest BCUT2D eigenvalue weighted by molar-refractivity contribution is 6.30. The Kier molecular flexibility index (Phi) is 4.92. The third-order valence-electron chi connectivity index (χ3n) is 4.98. The summed E-state index contributed by atoms with van der Waals surface area (Å²) in [6.45, 7) is 2.91. The zero-order valence-electron chi connectivity index (χ0n) is 13.9. The van der Waals surface area contributed by atoms with Crippen LogP contribution in [0.4, 0.5) is 5.95 Å². The minimum atomic E-state index is -0.155. The maximum absolute atomic E-state index is 12.1. The summed E-state index contributed by atoms with van der Waals surface area (Å²) < 4.78 is 0. The molecule has 1 aliphatic rings. The molecule has 1 aromatic carbocycles. The van der Waals surface area contributed by atoms with Crippen LogP contribution in [0, 0.1) is 0 Å². The lowest BCUT2D eigenvalue weighted by molar-refractivity contribution is 0.260. The molecule has 2 aromatic rings. The van der Waals surface area contributed by atoms with E-state index in [9.17, 15) is 4.79 Å². The molecule has 0 radical (unpaired) electrons.